The highest BCUT2D eigenvalue weighted by molar-refractivity contribution is 8.76. The first-order valence-corrected chi connectivity index (χ1v) is 7.90. The Bertz CT molecular complexity index is 295. The van der Waals surface area contributed by atoms with Crippen molar-refractivity contribution in [3.63, 3.8) is 0 Å². The lowest BCUT2D eigenvalue weighted by Crippen LogP contribution is -2.39. The van der Waals surface area contributed by atoms with Crippen molar-refractivity contribution in [2.45, 2.75) is 38.5 Å². The predicted molar refractivity (Wildman–Crippen MR) is 75.9 cm³/mol. The van der Waals surface area contributed by atoms with Gasteiger partial charge in [0.2, 0.25) is 5.91 Å². The van der Waals surface area contributed by atoms with Gasteiger partial charge >= 0.3 is 5.97 Å². The second-order valence-corrected chi connectivity index (χ2v) is 7.27. The Hall–Kier alpha value is -0.440. The van der Waals surface area contributed by atoms with Crippen molar-refractivity contribution < 1.29 is 14.3 Å². The maximum absolute atomic E-state index is 11.5. The molecule has 106 valence electrons. The third-order valence-electron chi connectivity index (χ3n) is 1.65. The summed E-state index contributed by atoms with van der Waals surface area (Å²) in [6, 6.07) is -1.37. The highest BCUT2D eigenvalue weighted by atomic mass is 33.1. The summed E-state index contributed by atoms with van der Waals surface area (Å²) >= 11 is 0. The van der Waals surface area contributed by atoms with Crippen molar-refractivity contribution >= 4 is 33.5 Å². The molecule has 6 nitrogen and oxygen atoms in total. The van der Waals surface area contributed by atoms with E-state index in [1.807, 2.05) is 0 Å². The molecule has 0 aliphatic carbocycles. The van der Waals surface area contributed by atoms with Gasteiger partial charge in [0, 0.05) is 11.5 Å². The first-order chi connectivity index (χ1) is 8.13. The van der Waals surface area contributed by atoms with Crippen LogP contribution in [0.4, 0.5) is 0 Å². The molecule has 0 aliphatic heterocycles. The monoisotopic (exact) mass is 295 g/mol. The summed E-state index contributed by atoms with van der Waals surface area (Å²) in [6.45, 7) is 5.35. The molecule has 0 aromatic heterocycles. The van der Waals surface area contributed by atoms with Gasteiger partial charge in [-0.25, -0.2) is 0 Å². The number of nitrogens with two attached hydrogens (primary N) is 3. The van der Waals surface area contributed by atoms with Crippen LogP contribution in [0.1, 0.15) is 20.8 Å². The average molecular weight is 295 g/mol. The summed E-state index contributed by atoms with van der Waals surface area (Å²) in [5, 5.41) is 0. The minimum absolute atomic E-state index is 0.390. The number of carbonyl (C=O) groups excluding carboxylic acids is 2. The molecule has 0 saturated carbocycles. The zero-order chi connectivity index (χ0) is 14.3. The number of esters is 1. The van der Waals surface area contributed by atoms with Crippen molar-refractivity contribution in [1.82, 2.24) is 0 Å². The number of ether oxygens (including phenoxy) is 1. The molecule has 1 amide bonds. The van der Waals surface area contributed by atoms with Crippen LogP contribution >= 0.6 is 21.6 Å². The lowest BCUT2D eigenvalue weighted by Gasteiger charge is -2.21. The molecule has 6 N–H and O–H groups in total. The van der Waals surface area contributed by atoms with E-state index in [0.29, 0.717) is 11.5 Å². The lowest BCUT2D eigenvalue weighted by molar-refractivity contribution is -0.155. The van der Waals surface area contributed by atoms with Crippen LogP contribution in [0.25, 0.3) is 0 Å². The summed E-state index contributed by atoms with van der Waals surface area (Å²) in [4.78, 5) is 22.2. The molecule has 2 unspecified atom stereocenters. The van der Waals surface area contributed by atoms with Crippen LogP contribution < -0.4 is 17.2 Å². The van der Waals surface area contributed by atoms with Crippen LogP contribution in [0, 0.1) is 0 Å². The Morgan fingerprint density at radius 3 is 1.94 bits per heavy atom. The first kappa shape index (κ1) is 17.6. The summed E-state index contributed by atoms with van der Waals surface area (Å²) in [7, 11) is 2.72. The second kappa shape index (κ2) is 7.88. The Labute approximate surface area is 115 Å². The summed E-state index contributed by atoms with van der Waals surface area (Å²) in [5.41, 5.74) is 15.6. The van der Waals surface area contributed by atoms with Crippen molar-refractivity contribution in [2.24, 2.45) is 17.2 Å². The number of amides is 1. The number of hydrogen-bond acceptors (Lipinski definition) is 7. The van der Waals surface area contributed by atoms with E-state index in [9.17, 15) is 9.59 Å². The van der Waals surface area contributed by atoms with Crippen LogP contribution in [0.3, 0.4) is 0 Å². The molecular weight excluding hydrogens is 274 g/mol. The number of primary amides is 1. The van der Waals surface area contributed by atoms with Crippen LogP contribution in [0.15, 0.2) is 0 Å². The Kier molecular flexibility index (Phi) is 7.69. The second-order valence-electron chi connectivity index (χ2n) is 4.72. The van der Waals surface area contributed by atoms with Crippen LogP contribution in [-0.2, 0) is 14.3 Å². The summed E-state index contributed by atoms with van der Waals surface area (Å²) < 4.78 is 5.13. The molecule has 0 heterocycles. The molecule has 0 saturated heterocycles. The molecule has 8 heteroatoms. The van der Waals surface area contributed by atoms with Gasteiger partial charge in [-0.1, -0.05) is 21.6 Å². The van der Waals surface area contributed by atoms with Gasteiger partial charge < -0.3 is 21.9 Å². The molecule has 0 spiro atoms. The van der Waals surface area contributed by atoms with E-state index in [4.69, 9.17) is 21.9 Å². The minimum Gasteiger partial charge on any atom is -0.459 e. The zero-order valence-corrected chi connectivity index (χ0v) is 12.5. The quantitative estimate of drug-likeness (QED) is 0.339. The highest BCUT2D eigenvalue weighted by Crippen LogP contribution is 2.22. The fourth-order valence-electron chi connectivity index (χ4n) is 0.770. The number of hydrogen-bond donors (Lipinski definition) is 3. The Morgan fingerprint density at radius 2 is 1.56 bits per heavy atom. The molecule has 0 bridgehead atoms. The predicted octanol–water partition coefficient (Wildman–Crippen LogP) is -0.151. The minimum atomic E-state index is -0.688. The smallest absolute Gasteiger partial charge is 0.324 e. The third-order valence-corrected chi connectivity index (χ3v) is 4.13. The first-order valence-electron chi connectivity index (χ1n) is 5.41. The van der Waals surface area contributed by atoms with Gasteiger partial charge in [0.05, 0.1) is 6.04 Å². The number of rotatable bonds is 7. The van der Waals surface area contributed by atoms with E-state index in [2.05, 4.69) is 0 Å². The Balaban J connectivity index is 3.80. The highest BCUT2D eigenvalue weighted by Gasteiger charge is 2.22. The molecule has 2 atom stereocenters. The van der Waals surface area contributed by atoms with E-state index in [0.717, 1.165) is 0 Å². The molecule has 0 aromatic carbocycles. The Morgan fingerprint density at radius 1 is 1.11 bits per heavy atom. The van der Waals surface area contributed by atoms with Crippen molar-refractivity contribution in [3.8, 4) is 0 Å². The van der Waals surface area contributed by atoms with Gasteiger partial charge in [0.1, 0.15) is 11.6 Å². The average Bonchev–Trinajstić information content (AvgIpc) is 2.20. The molecule has 0 aromatic rings. The zero-order valence-electron chi connectivity index (χ0n) is 10.8. The maximum atomic E-state index is 11.5. The van der Waals surface area contributed by atoms with E-state index in [1.54, 1.807) is 20.8 Å². The van der Waals surface area contributed by atoms with Gasteiger partial charge in [0.15, 0.2) is 0 Å². The van der Waals surface area contributed by atoms with Crippen molar-refractivity contribution in [1.29, 1.82) is 0 Å². The maximum Gasteiger partial charge on any atom is 0.324 e. The lowest BCUT2D eigenvalue weighted by atomic mass is 10.2. The van der Waals surface area contributed by atoms with E-state index >= 15 is 0 Å². The molecule has 0 aliphatic rings. The van der Waals surface area contributed by atoms with Crippen molar-refractivity contribution in [2.75, 3.05) is 11.5 Å². The van der Waals surface area contributed by atoms with E-state index in [1.165, 1.54) is 21.6 Å². The largest absolute Gasteiger partial charge is 0.459 e. The molecular formula is C10H21N3O3S2. The summed E-state index contributed by atoms with van der Waals surface area (Å²) in [6.07, 6.45) is 0. The number of carbonyl (C=O) groups is 2. The van der Waals surface area contributed by atoms with Crippen LogP contribution in [0.5, 0.6) is 0 Å². The van der Waals surface area contributed by atoms with Crippen LogP contribution in [0.2, 0.25) is 0 Å². The standard InChI is InChI=1S/C10H21N3O3S2/c1-10(2,3)16-9(15)7(12)5-18-17-4-6(11)8(13)14/h6-7H,4-5,11-12H2,1-3H3,(H2,13,14). The fraction of sp³-hybridized carbons (Fsp3) is 0.800. The van der Waals surface area contributed by atoms with Gasteiger partial charge in [-0.15, -0.1) is 0 Å². The van der Waals surface area contributed by atoms with Gasteiger partial charge in [-0.05, 0) is 20.8 Å². The third kappa shape index (κ3) is 8.62. The normalized spacial score (nSPS) is 14.9. The van der Waals surface area contributed by atoms with Crippen LogP contribution in [-0.4, -0.2) is 41.1 Å². The molecule has 18 heavy (non-hydrogen) atoms. The summed E-state index contributed by atoms with van der Waals surface area (Å²) in [5.74, 6) is -0.194. The van der Waals surface area contributed by atoms with Gasteiger partial charge in [-0.2, -0.15) is 0 Å². The van der Waals surface area contributed by atoms with Crippen molar-refractivity contribution in [3.05, 3.63) is 0 Å². The van der Waals surface area contributed by atoms with Gasteiger partial charge in [-0.3, -0.25) is 9.59 Å². The fourth-order valence-corrected chi connectivity index (χ4v) is 3.01. The SMILES string of the molecule is CC(C)(C)OC(=O)C(N)CSSCC(N)C(N)=O. The van der Waals surface area contributed by atoms with E-state index in [-0.39, 0.29) is 0 Å². The van der Waals surface area contributed by atoms with Gasteiger partial charge in [0.25, 0.3) is 0 Å². The molecule has 0 radical (unpaired) electrons. The topological polar surface area (TPSA) is 121 Å². The molecule has 0 rings (SSSR count). The molecule has 0 fully saturated rings. The van der Waals surface area contributed by atoms with E-state index < -0.39 is 29.6 Å².